The molecule has 6 aliphatic rings. The fourth-order valence-electron chi connectivity index (χ4n) is 11.4. The molecule has 8 heterocycles. The normalized spacial score (nSPS) is 21.6. The van der Waals surface area contributed by atoms with Crippen LogP contribution in [-0.2, 0) is 19.8 Å². The average molecular weight is 1060 g/mol. The number of nitrogens with zero attached hydrogens (tertiary/aromatic N) is 10. The van der Waals surface area contributed by atoms with Gasteiger partial charge in [-0.3, -0.25) is 43.5 Å². The van der Waals surface area contributed by atoms with Crippen molar-refractivity contribution >= 4 is 61.9 Å². The van der Waals surface area contributed by atoms with Crippen molar-refractivity contribution in [1.29, 1.82) is 5.26 Å². The van der Waals surface area contributed by atoms with E-state index in [-0.39, 0.29) is 49.2 Å². The van der Waals surface area contributed by atoms with Crippen LogP contribution in [0, 0.1) is 29.0 Å². The fourth-order valence-corrected chi connectivity index (χ4v) is 12.7. The molecular formula is C53H56F2N12O8S. The zero-order valence-electron chi connectivity index (χ0n) is 41.6. The first kappa shape index (κ1) is 50.8. The standard InChI is InChI=1S/C53H56F2N12O8S/c54-35-15-20-65(31-35)76(73,74)60-45-7-5-43(55)49(42(45)27-56)75-38-3-6-44-41(26-38)51(70)66(32-58-44)37-2-9-47(57-28-37)64-18-13-34(14-19-64)30-62-23-21-61(22-24-62)29-33-11-16-63(17-12-33)36-1-4-39-40(25-36)53(72)67(52(39)71)46-8-10-48(68)59-50(46)69/h1-7,9,25-26,28,32-35,46,60H,8,10-24,29-31H2,(H,59,68,69)/t35-,46?/m1/s1. The number of nitriles is 1. The number of imide groups is 2. The van der Waals surface area contributed by atoms with E-state index in [0.717, 1.165) is 124 Å². The van der Waals surface area contributed by atoms with Gasteiger partial charge in [0, 0.05) is 90.6 Å². The third-order valence-corrected chi connectivity index (χ3v) is 17.2. The van der Waals surface area contributed by atoms with E-state index >= 15 is 4.39 Å². The van der Waals surface area contributed by atoms with E-state index in [4.69, 9.17) is 9.72 Å². The minimum atomic E-state index is -4.25. The maximum Gasteiger partial charge on any atom is 0.301 e. The summed E-state index contributed by atoms with van der Waals surface area (Å²) in [6.45, 7) is 9.26. The number of halogens is 2. The van der Waals surface area contributed by atoms with Gasteiger partial charge >= 0.3 is 10.2 Å². The van der Waals surface area contributed by atoms with Crippen LogP contribution < -0.4 is 30.1 Å². The summed E-state index contributed by atoms with van der Waals surface area (Å²) in [6, 6.07) is 16.3. The number of carbonyl (C=O) groups excluding carboxylic acids is 4. The molecule has 5 saturated heterocycles. The number of carbonyl (C=O) groups is 4. The van der Waals surface area contributed by atoms with Gasteiger partial charge in [-0.05, 0) is 111 Å². The van der Waals surface area contributed by atoms with Gasteiger partial charge in [0.2, 0.25) is 11.8 Å². The molecule has 396 valence electrons. The highest BCUT2D eigenvalue weighted by atomic mass is 32.2. The number of rotatable bonds is 13. The molecule has 11 rings (SSSR count). The maximum atomic E-state index is 15.2. The summed E-state index contributed by atoms with van der Waals surface area (Å²) in [7, 11) is -4.25. The second-order valence-corrected chi connectivity index (χ2v) is 22.1. The number of hydrogen-bond donors (Lipinski definition) is 2. The van der Waals surface area contributed by atoms with E-state index < -0.39 is 68.7 Å². The van der Waals surface area contributed by atoms with Crippen LogP contribution in [0.5, 0.6) is 11.5 Å². The molecule has 0 aliphatic carbocycles. The Morgan fingerprint density at radius 3 is 2.08 bits per heavy atom. The zero-order chi connectivity index (χ0) is 52.8. The van der Waals surface area contributed by atoms with Crippen molar-refractivity contribution in [2.75, 3.05) is 93.1 Å². The molecule has 20 nitrogen and oxygen atoms in total. The Morgan fingerprint density at radius 1 is 0.750 bits per heavy atom. The van der Waals surface area contributed by atoms with Crippen molar-refractivity contribution in [2.24, 2.45) is 11.8 Å². The molecule has 6 aliphatic heterocycles. The van der Waals surface area contributed by atoms with Crippen LogP contribution in [0.1, 0.15) is 71.2 Å². The van der Waals surface area contributed by atoms with Gasteiger partial charge < -0.3 is 24.3 Å². The molecule has 2 aromatic heterocycles. The van der Waals surface area contributed by atoms with E-state index in [9.17, 15) is 42.0 Å². The number of anilines is 3. The first-order valence-electron chi connectivity index (χ1n) is 25.8. The molecule has 5 fully saturated rings. The quantitative estimate of drug-likeness (QED) is 0.156. The van der Waals surface area contributed by atoms with E-state index in [1.54, 1.807) is 24.4 Å². The number of alkyl halides is 1. The molecule has 0 spiro atoms. The van der Waals surface area contributed by atoms with Gasteiger partial charge in [0.25, 0.3) is 17.4 Å². The third-order valence-electron chi connectivity index (χ3n) is 15.7. The minimum absolute atomic E-state index is 0.00408. The largest absolute Gasteiger partial charge is 0.453 e. The Labute approximate surface area is 437 Å². The number of hydrogen-bond acceptors (Lipinski definition) is 15. The van der Waals surface area contributed by atoms with Crippen LogP contribution >= 0.6 is 0 Å². The van der Waals surface area contributed by atoms with Gasteiger partial charge in [0.1, 0.15) is 41.7 Å². The monoisotopic (exact) mass is 1060 g/mol. The van der Waals surface area contributed by atoms with Crippen molar-refractivity contribution in [2.45, 2.75) is 57.2 Å². The number of ether oxygens (including phenoxy) is 1. The lowest BCUT2D eigenvalue weighted by molar-refractivity contribution is -0.136. The number of benzene rings is 3. The van der Waals surface area contributed by atoms with Gasteiger partial charge in [0.15, 0.2) is 11.6 Å². The molecule has 5 aromatic rings. The van der Waals surface area contributed by atoms with Crippen molar-refractivity contribution in [3.05, 3.63) is 106 Å². The summed E-state index contributed by atoms with van der Waals surface area (Å²) < 4.78 is 65.2. The highest BCUT2D eigenvalue weighted by Crippen LogP contribution is 2.36. The molecule has 0 radical (unpaired) electrons. The van der Waals surface area contributed by atoms with Crippen LogP contribution in [0.4, 0.5) is 26.0 Å². The molecule has 0 bridgehead atoms. The predicted octanol–water partition coefficient (Wildman–Crippen LogP) is 4.44. The second kappa shape index (κ2) is 21.0. The van der Waals surface area contributed by atoms with Crippen LogP contribution in [0.2, 0.25) is 0 Å². The number of aromatic nitrogens is 3. The van der Waals surface area contributed by atoms with Crippen molar-refractivity contribution in [3.63, 3.8) is 0 Å². The Morgan fingerprint density at radius 2 is 1.43 bits per heavy atom. The van der Waals surface area contributed by atoms with Crippen molar-refractivity contribution < 1.29 is 41.1 Å². The minimum Gasteiger partial charge on any atom is -0.453 e. The zero-order valence-corrected chi connectivity index (χ0v) is 42.4. The van der Waals surface area contributed by atoms with Gasteiger partial charge in [-0.15, -0.1) is 0 Å². The summed E-state index contributed by atoms with van der Waals surface area (Å²) in [5.41, 5.74) is 1.20. The Bertz CT molecular complexity index is 3330. The number of piperazine rings is 1. The number of amides is 4. The lowest BCUT2D eigenvalue weighted by Crippen LogP contribution is -2.54. The summed E-state index contributed by atoms with van der Waals surface area (Å²) >= 11 is 0. The summed E-state index contributed by atoms with van der Waals surface area (Å²) in [5, 5.41) is 12.4. The van der Waals surface area contributed by atoms with Gasteiger partial charge in [-0.25, -0.2) is 18.7 Å². The van der Waals surface area contributed by atoms with E-state index in [0.29, 0.717) is 34.2 Å². The first-order chi connectivity index (χ1) is 36.7. The molecule has 76 heavy (non-hydrogen) atoms. The van der Waals surface area contributed by atoms with Gasteiger partial charge in [-0.1, -0.05) is 0 Å². The van der Waals surface area contributed by atoms with Gasteiger partial charge in [0.05, 0.1) is 39.6 Å². The van der Waals surface area contributed by atoms with Crippen LogP contribution in [0.3, 0.4) is 0 Å². The SMILES string of the molecule is N#Cc1c(NS(=O)(=O)N2CC[C@@H](F)C2)ccc(F)c1Oc1ccc2ncn(-c3ccc(N4CCC(CN5CCN(CC6CCN(c7ccc8c(c7)C(=O)N(C7CCC(=O)NC7=O)C8=O)CC6)CC5)CC4)nc3)c(=O)c2c1. The molecule has 2 N–H and O–H groups in total. The molecule has 3 aromatic carbocycles. The molecule has 4 amide bonds. The maximum absolute atomic E-state index is 15.2. The number of fused-ring (bicyclic) bond motifs is 2. The van der Waals surface area contributed by atoms with E-state index in [1.165, 1.54) is 29.1 Å². The molecule has 1 unspecified atom stereocenters. The summed E-state index contributed by atoms with van der Waals surface area (Å²) in [4.78, 5) is 84.5. The second-order valence-electron chi connectivity index (χ2n) is 20.5. The van der Waals surface area contributed by atoms with E-state index in [1.807, 2.05) is 18.2 Å². The molecule has 0 saturated carbocycles. The lowest BCUT2D eigenvalue weighted by Gasteiger charge is -2.41. The van der Waals surface area contributed by atoms with Crippen molar-refractivity contribution in [1.82, 2.24) is 38.9 Å². The Balaban J connectivity index is 0.636. The third kappa shape index (κ3) is 10.2. The topological polar surface area (TPSA) is 227 Å². The number of nitrogens with one attached hydrogen (secondary N) is 2. The summed E-state index contributed by atoms with van der Waals surface area (Å²) in [6.07, 6.45) is 6.08. The van der Waals surface area contributed by atoms with Crippen LogP contribution in [0.25, 0.3) is 16.6 Å². The average Bonchev–Trinajstić information content (AvgIpc) is 4.00. The van der Waals surface area contributed by atoms with Crippen molar-refractivity contribution in [3.8, 4) is 23.3 Å². The van der Waals surface area contributed by atoms with Gasteiger partial charge in [-0.2, -0.15) is 18.0 Å². The smallest absolute Gasteiger partial charge is 0.301 e. The fraction of sp³-hybridized carbons (Fsp3) is 0.434. The predicted molar refractivity (Wildman–Crippen MR) is 276 cm³/mol. The van der Waals surface area contributed by atoms with Crippen LogP contribution in [-0.4, -0.2) is 156 Å². The molecule has 23 heteroatoms. The Kier molecular flexibility index (Phi) is 14.0. The first-order valence-corrected chi connectivity index (χ1v) is 27.2. The Hall–Kier alpha value is -7.39. The lowest BCUT2D eigenvalue weighted by atomic mass is 9.94. The number of piperidine rings is 3. The highest BCUT2D eigenvalue weighted by molar-refractivity contribution is 7.90. The number of pyridine rings is 1. The van der Waals surface area contributed by atoms with E-state index in [2.05, 4.69) is 34.6 Å². The molecular weight excluding hydrogens is 1000 g/mol. The molecule has 2 atom stereocenters. The van der Waals surface area contributed by atoms with Crippen LogP contribution in [0.15, 0.2) is 78.0 Å². The highest BCUT2D eigenvalue weighted by Gasteiger charge is 2.45. The summed E-state index contributed by atoms with van der Waals surface area (Å²) in [5.74, 6) is -1.55.